The van der Waals surface area contributed by atoms with E-state index < -0.39 is 12.7 Å². The number of nitrogens with zero attached hydrogens (tertiary/aromatic N) is 2. The molecule has 28 heavy (non-hydrogen) atoms. The summed E-state index contributed by atoms with van der Waals surface area (Å²) in [4.78, 5) is 14.8. The Balaban J connectivity index is 1.51. The van der Waals surface area contributed by atoms with E-state index in [-0.39, 0.29) is 18.4 Å². The van der Waals surface area contributed by atoms with Gasteiger partial charge in [-0.1, -0.05) is 19.3 Å². The lowest BCUT2D eigenvalue weighted by molar-refractivity contribution is -0.141. The summed E-state index contributed by atoms with van der Waals surface area (Å²) in [6.07, 6.45) is 4.33. The van der Waals surface area contributed by atoms with Crippen molar-refractivity contribution in [2.75, 3.05) is 19.6 Å². The van der Waals surface area contributed by atoms with Gasteiger partial charge in [-0.25, -0.2) is 0 Å². The summed E-state index contributed by atoms with van der Waals surface area (Å²) in [6, 6.07) is 1.59. The van der Waals surface area contributed by atoms with Gasteiger partial charge in [0.15, 0.2) is 5.78 Å². The minimum Gasteiger partial charge on any atom is -0.375 e. The molecular weight excluding hydrogens is 369 g/mol. The Kier molecular flexibility index (Phi) is 6.86. The summed E-state index contributed by atoms with van der Waals surface area (Å²) < 4.78 is 45.7. The topological polar surface area (TPSA) is 34.5 Å². The van der Waals surface area contributed by atoms with Crippen molar-refractivity contribution in [1.29, 1.82) is 0 Å². The average Bonchev–Trinajstić information content (AvgIpc) is 2.91. The number of aryl methyl sites for hydroxylation is 1. The van der Waals surface area contributed by atoms with Crippen LogP contribution in [-0.4, -0.2) is 53.3 Å². The van der Waals surface area contributed by atoms with Gasteiger partial charge in [-0.05, 0) is 45.6 Å². The van der Waals surface area contributed by atoms with Gasteiger partial charge in [0.05, 0.1) is 18.8 Å². The molecule has 1 aliphatic heterocycles. The summed E-state index contributed by atoms with van der Waals surface area (Å²) in [5, 5.41) is 0. The van der Waals surface area contributed by atoms with Crippen LogP contribution in [0.3, 0.4) is 0 Å². The summed E-state index contributed by atoms with van der Waals surface area (Å²) in [5.74, 6) is -0.104. The van der Waals surface area contributed by atoms with E-state index in [1.54, 1.807) is 19.9 Å². The van der Waals surface area contributed by atoms with Crippen molar-refractivity contribution < 1.29 is 22.7 Å². The van der Waals surface area contributed by atoms with Gasteiger partial charge in [-0.15, -0.1) is 0 Å². The molecule has 1 aromatic rings. The molecule has 0 atom stereocenters. The molecule has 0 bridgehead atoms. The van der Waals surface area contributed by atoms with Crippen LogP contribution in [0.25, 0.3) is 0 Å². The van der Waals surface area contributed by atoms with Crippen molar-refractivity contribution in [3.05, 3.63) is 23.0 Å². The molecule has 2 fully saturated rings. The first-order valence-electron chi connectivity index (χ1n) is 10.4. The highest BCUT2D eigenvalue weighted by atomic mass is 19.4. The van der Waals surface area contributed by atoms with Crippen molar-refractivity contribution in [3.63, 3.8) is 0 Å². The molecule has 0 aromatic carbocycles. The molecule has 2 heterocycles. The third-order valence-corrected chi connectivity index (χ3v) is 6.05. The Morgan fingerprint density at radius 2 is 1.68 bits per heavy atom. The second-order valence-corrected chi connectivity index (χ2v) is 8.28. The lowest BCUT2D eigenvalue weighted by Crippen LogP contribution is -2.41. The quantitative estimate of drug-likeness (QED) is 0.651. The van der Waals surface area contributed by atoms with E-state index in [1.165, 1.54) is 23.8 Å². The minimum absolute atomic E-state index is 0.104. The number of rotatable bonds is 6. The maximum atomic E-state index is 12.8. The number of aromatic nitrogens is 1. The number of likely N-dealkylation sites (tertiary alicyclic amines) is 1. The molecule has 1 saturated carbocycles. The third kappa shape index (κ3) is 5.60. The predicted molar refractivity (Wildman–Crippen MR) is 102 cm³/mol. The smallest absolute Gasteiger partial charge is 0.375 e. The van der Waals surface area contributed by atoms with Gasteiger partial charge >= 0.3 is 6.18 Å². The van der Waals surface area contributed by atoms with Crippen molar-refractivity contribution in [2.45, 2.75) is 83.7 Å². The number of hydrogen-bond donors (Lipinski definition) is 0. The fraction of sp³-hybridized carbons (Fsp3) is 0.762. The molecule has 0 spiro atoms. The summed E-state index contributed by atoms with van der Waals surface area (Å²) in [6.45, 7) is 4.00. The molecule has 1 aromatic heterocycles. The molecule has 0 unspecified atom stereocenters. The van der Waals surface area contributed by atoms with Crippen LogP contribution < -0.4 is 0 Å². The zero-order chi connectivity index (χ0) is 20.3. The Hall–Kier alpha value is -1.34. The standard InChI is InChI=1S/C21H31F3N2O2/c1-15-12-19(16(2)26(15)14-21(22,23)24)20(27)13-25-10-8-18(9-11-25)28-17-6-4-3-5-7-17/h12,17-18H,3-11,13-14H2,1-2H3. The summed E-state index contributed by atoms with van der Waals surface area (Å²) >= 11 is 0. The zero-order valence-electron chi connectivity index (χ0n) is 16.9. The lowest BCUT2D eigenvalue weighted by atomic mass is 9.97. The number of carbonyl (C=O) groups is 1. The molecule has 0 N–H and O–H groups in total. The maximum Gasteiger partial charge on any atom is 0.406 e. The highest BCUT2D eigenvalue weighted by Crippen LogP contribution is 2.26. The summed E-state index contributed by atoms with van der Waals surface area (Å²) in [7, 11) is 0. The molecule has 0 amide bonds. The maximum absolute atomic E-state index is 12.8. The van der Waals surface area contributed by atoms with E-state index in [9.17, 15) is 18.0 Å². The normalized spacial score (nSPS) is 20.6. The number of halogens is 3. The van der Waals surface area contributed by atoms with Crippen LogP contribution in [0.15, 0.2) is 6.07 Å². The predicted octanol–water partition coefficient (Wildman–Crippen LogP) is 4.66. The Bertz CT molecular complexity index is 670. The van der Waals surface area contributed by atoms with Crippen LogP contribution >= 0.6 is 0 Å². The molecule has 4 nitrogen and oxygen atoms in total. The fourth-order valence-corrected chi connectivity index (χ4v) is 4.47. The van der Waals surface area contributed by atoms with Gasteiger partial charge in [0.25, 0.3) is 0 Å². The number of carbonyl (C=O) groups excluding carboxylic acids is 1. The lowest BCUT2D eigenvalue weighted by Gasteiger charge is -2.34. The zero-order valence-corrected chi connectivity index (χ0v) is 16.9. The molecule has 1 aliphatic carbocycles. The largest absolute Gasteiger partial charge is 0.406 e. The molecule has 7 heteroatoms. The van der Waals surface area contributed by atoms with Crippen LogP contribution in [-0.2, 0) is 11.3 Å². The second kappa shape index (κ2) is 8.99. The van der Waals surface area contributed by atoms with Crippen LogP contribution in [0.4, 0.5) is 13.2 Å². The Morgan fingerprint density at radius 1 is 1.07 bits per heavy atom. The number of alkyl halides is 3. The van der Waals surface area contributed by atoms with E-state index >= 15 is 0 Å². The number of ether oxygens (including phenoxy) is 1. The first-order chi connectivity index (χ1) is 13.2. The third-order valence-electron chi connectivity index (χ3n) is 6.05. The van der Waals surface area contributed by atoms with E-state index in [4.69, 9.17) is 4.74 Å². The highest BCUT2D eigenvalue weighted by molar-refractivity contribution is 5.99. The fourth-order valence-electron chi connectivity index (χ4n) is 4.47. The Morgan fingerprint density at radius 3 is 2.29 bits per heavy atom. The Labute approximate surface area is 165 Å². The minimum atomic E-state index is -4.30. The van der Waals surface area contributed by atoms with E-state index in [1.807, 2.05) is 0 Å². The van der Waals surface area contributed by atoms with Crippen molar-refractivity contribution in [1.82, 2.24) is 9.47 Å². The SMILES string of the molecule is Cc1cc(C(=O)CN2CCC(OC3CCCCC3)CC2)c(C)n1CC(F)(F)F. The van der Waals surface area contributed by atoms with Crippen molar-refractivity contribution >= 4 is 5.78 Å². The summed E-state index contributed by atoms with van der Waals surface area (Å²) in [5.41, 5.74) is 1.27. The molecule has 3 rings (SSSR count). The van der Waals surface area contributed by atoms with Crippen LogP contribution in [0.1, 0.15) is 66.7 Å². The number of Topliss-reactive ketones (excluding diaryl/α,β-unsaturated/α-hetero) is 1. The molecule has 158 valence electrons. The van der Waals surface area contributed by atoms with E-state index in [2.05, 4.69) is 4.90 Å². The molecule has 0 radical (unpaired) electrons. The van der Waals surface area contributed by atoms with Gasteiger partial charge in [0.1, 0.15) is 6.54 Å². The highest BCUT2D eigenvalue weighted by Gasteiger charge is 2.31. The van der Waals surface area contributed by atoms with Crippen molar-refractivity contribution in [3.8, 4) is 0 Å². The number of piperidine rings is 1. The van der Waals surface area contributed by atoms with Gasteiger partial charge in [-0.3, -0.25) is 9.69 Å². The molecule has 2 aliphatic rings. The van der Waals surface area contributed by atoms with Gasteiger partial charge in [0, 0.05) is 30.0 Å². The van der Waals surface area contributed by atoms with E-state index in [0.717, 1.165) is 38.8 Å². The first-order valence-corrected chi connectivity index (χ1v) is 10.4. The van der Waals surface area contributed by atoms with E-state index in [0.29, 0.717) is 23.1 Å². The van der Waals surface area contributed by atoms with Gasteiger partial charge in [0.2, 0.25) is 0 Å². The monoisotopic (exact) mass is 400 g/mol. The molecule has 1 saturated heterocycles. The number of hydrogen-bond acceptors (Lipinski definition) is 3. The van der Waals surface area contributed by atoms with Crippen LogP contribution in [0.2, 0.25) is 0 Å². The second-order valence-electron chi connectivity index (χ2n) is 8.28. The average molecular weight is 400 g/mol. The van der Waals surface area contributed by atoms with Crippen LogP contribution in [0, 0.1) is 13.8 Å². The van der Waals surface area contributed by atoms with Crippen molar-refractivity contribution in [2.24, 2.45) is 0 Å². The van der Waals surface area contributed by atoms with Gasteiger partial charge in [-0.2, -0.15) is 13.2 Å². The number of ketones is 1. The van der Waals surface area contributed by atoms with Crippen LogP contribution in [0.5, 0.6) is 0 Å². The van der Waals surface area contributed by atoms with Gasteiger partial charge < -0.3 is 9.30 Å². The first kappa shape index (κ1) is 21.4. The molecular formula is C21H31F3N2O2.